The van der Waals surface area contributed by atoms with Crippen molar-refractivity contribution in [3.05, 3.63) is 17.0 Å². The second-order valence-corrected chi connectivity index (χ2v) is 4.84. The summed E-state index contributed by atoms with van der Waals surface area (Å²) in [4.78, 5) is 0. The molecule has 1 rings (SSSR count). The molecule has 1 aromatic heterocycles. The predicted molar refractivity (Wildman–Crippen MR) is 53.3 cm³/mol. The van der Waals surface area contributed by atoms with Gasteiger partial charge in [0, 0.05) is 16.4 Å². The van der Waals surface area contributed by atoms with Crippen LogP contribution in [0.4, 0.5) is 4.39 Å². The Morgan fingerprint density at radius 2 is 2.21 bits per heavy atom. The number of aryl methyl sites for hydroxylation is 2. The Balaban J connectivity index is 2.64. The van der Waals surface area contributed by atoms with Gasteiger partial charge < -0.3 is 4.52 Å². The fourth-order valence-electron chi connectivity index (χ4n) is 1.18. The second kappa shape index (κ2) is 4.68. The zero-order valence-corrected chi connectivity index (χ0v) is 9.36. The zero-order chi connectivity index (χ0) is 10.7. The molecule has 0 radical (unpaired) electrons. The van der Waals surface area contributed by atoms with E-state index < -0.39 is 17.0 Å². The third-order valence-corrected chi connectivity index (χ3v) is 3.34. The van der Waals surface area contributed by atoms with Crippen LogP contribution in [-0.4, -0.2) is 21.3 Å². The summed E-state index contributed by atoms with van der Waals surface area (Å²) >= 11 is 0. The number of nitrogens with zero attached hydrogens (tertiary/aromatic N) is 1. The first-order valence-corrected chi connectivity index (χ1v) is 5.90. The average Bonchev–Trinajstić information content (AvgIpc) is 2.34. The van der Waals surface area contributed by atoms with Gasteiger partial charge in [-0.1, -0.05) is 5.16 Å². The maximum absolute atomic E-state index is 12.5. The summed E-state index contributed by atoms with van der Waals surface area (Å²) in [6, 6.07) is 0. The molecule has 2 atom stereocenters. The summed E-state index contributed by atoms with van der Waals surface area (Å²) in [5, 5.41) is 3.75. The SMILES string of the molecule is Cc1noc(C)c1CS(=O)CC(C)F. The highest BCUT2D eigenvalue weighted by molar-refractivity contribution is 7.84. The minimum Gasteiger partial charge on any atom is -0.361 e. The summed E-state index contributed by atoms with van der Waals surface area (Å²) in [6.07, 6.45) is -1.03. The van der Waals surface area contributed by atoms with Crippen molar-refractivity contribution in [1.82, 2.24) is 5.16 Å². The minimum atomic E-state index is -1.18. The van der Waals surface area contributed by atoms with E-state index in [1.807, 2.05) is 0 Å². The summed E-state index contributed by atoms with van der Waals surface area (Å²) in [5.74, 6) is 1.07. The van der Waals surface area contributed by atoms with Crippen molar-refractivity contribution in [3.8, 4) is 0 Å². The zero-order valence-electron chi connectivity index (χ0n) is 8.54. The largest absolute Gasteiger partial charge is 0.361 e. The second-order valence-electron chi connectivity index (χ2n) is 3.33. The van der Waals surface area contributed by atoms with E-state index in [-0.39, 0.29) is 5.75 Å². The summed E-state index contributed by atoms with van der Waals surface area (Å²) in [7, 11) is -1.18. The number of rotatable bonds is 4. The van der Waals surface area contributed by atoms with Crippen molar-refractivity contribution >= 4 is 10.8 Å². The third-order valence-electron chi connectivity index (χ3n) is 1.90. The highest BCUT2D eigenvalue weighted by Gasteiger charge is 2.13. The van der Waals surface area contributed by atoms with E-state index in [9.17, 15) is 8.60 Å². The molecule has 3 nitrogen and oxygen atoms in total. The van der Waals surface area contributed by atoms with E-state index >= 15 is 0 Å². The summed E-state index contributed by atoms with van der Waals surface area (Å²) in [5.41, 5.74) is 1.58. The quantitative estimate of drug-likeness (QED) is 0.776. The number of hydrogen-bond donors (Lipinski definition) is 0. The standard InChI is InChI=1S/C9H14FNO2S/c1-6(10)4-14(12)5-9-7(2)11-13-8(9)3/h6H,4-5H2,1-3H3. The fraction of sp³-hybridized carbons (Fsp3) is 0.667. The number of hydrogen-bond acceptors (Lipinski definition) is 3. The van der Waals surface area contributed by atoms with Crippen LogP contribution in [0.25, 0.3) is 0 Å². The molecule has 0 spiro atoms. The molecule has 2 unspecified atom stereocenters. The van der Waals surface area contributed by atoms with Gasteiger partial charge in [0.25, 0.3) is 0 Å². The van der Waals surface area contributed by atoms with Gasteiger partial charge in [-0.05, 0) is 20.8 Å². The Bertz CT molecular complexity index is 316. The van der Waals surface area contributed by atoms with Crippen molar-refractivity contribution in [2.45, 2.75) is 32.7 Å². The van der Waals surface area contributed by atoms with Crippen LogP contribution in [-0.2, 0) is 16.6 Å². The van der Waals surface area contributed by atoms with Gasteiger partial charge >= 0.3 is 0 Å². The topological polar surface area (TPSA) is 43.1 Å². The Morgan fingerprint density at radius 1 is 1.57 bits per heavy atom. The van der Waals surface area contributed by atoms with Crippen LogP contribution >= 0.6 is 0 Å². The van der Waals surface area contributed by atoms with E-state index in [1.54, 1.807) is 13.8 Å². The van der Waals surface area contributed by atoms with E-state index in [0.29, 0.717) is 11.5 Å². The van der Waals surface area contributed by atoms with Gasteiger partial charge in [0.2, 0.25) is 0 Å². The molecule has 5 heteroatoms. The first kappa shape index (κ1) is 11.4. The van der Waals surface area contributed by atoms with Crippen LogP contribution in [0.5, 0.6) is 0 Å². The lowest BCUT2D eigenvalue weighted by atomic mass is 10.2. The van der Waals surface area contributed by atoms with Crippen molar-refractivity contribution < 1.29 is 13.1 Å². The molecule has 80 valence electrons. The molecule has 1 aromatic rings. The molecule has 0 amide bonds. The molecule has 0 bridgehead atoms. The predicted octanol–water partition coefficient (Wildman–Crippen LogP) is 1.90. The molecular weight excluding hydrogens is 205 g/mol. The highest BCUT2D eigenvalue weighted by Crippen LogP contribution is 2.14. The van der Waals surface area contributed by atoms with Crippen molar-refractivity contribution in [2.75, 3.05) is 5.75 Å². The van der Waals surface area contributed by atoms with Gasteiger partial charge in [-0.25, -0.2) is 4.39 Å². The first-order valence-electron chi connectivity index (χ1n) is 4.41. The van der Waals surface area contributed by atoms with E-state index in [0.717, 1.165) is 11.3 Å². The smallest absolute Gasteiger partial charge is 0.138 e. The molecular formula is C9H14FNO2S. The number of aromatic nitrogens is 1. The van der Waals surface area contributed by atoms with Crippen molar-refractivity contribution in [1.29, 1.82) is 0 Å². The van der Waals surface area contributed by atoms with E-state index in [2.05, 4.69) is 5.16 Å². The van der Waals surface area contributed by atoms with E-state index in [4.69, 9.17) is 4.52 Å². The van der Waals surface area contributed by atoms with Gasteiger partial charge in [0.1, 0.15) is 11.9 Å². The van der Waals surface area contributed by atoms with Gasteiger partial charge in [-0.15, -0.1) is 0 Å². The molecule has 0 saturated carbocycles. The Morgan fingerprint density at radius 3 is 2.64 bits per heavy atom. The van der Waals surface area contributed by atoms with Crippen LogP contribution in [0.2, 0.25) is 0 Å². The van der Waals surface area contributed by atoms with Crippen LogP contribution in [0, 0.1) is 13.8 Å². The third kappa shape index (κ3) is 2.90. The molecule has 0 fully saturated rings. The van der Waals surface area contributed by atoms with Crippen LogP contribution in [0.15, 0.2) is 4.52 Å². The van der Waals surface area contributed by atoms with Crippen molar-refractivity contribution in [3.63, 3.8) is 0 Å². The lowest BCUT2D eigenvalue weighted by Gasteiger charge is -2.02. The monoisotopic (exact) mass is 219 g/mol. The Hall–Kier alpha value is -0.710. The molecule has 0 N–H and O–H groups in total. The number of halogens is 1. The summed E-state index contributed by atoms with van der Waals surface area (Å²) < 4.78 is 28.9. The van der Waals surface area contributed by atoms with Crippen molar-refractivity contribution in [2.24, 2.45) is 0 Å². The van der Waals surface area contributed by atoms with E-state index in [1.165, 1.54) is 6.92 Å². The molecule has 1 heterocycles. The maximum atomic E-state index is 12.5. The lowest BCUT2D eigenvalue weighted by molar-refractivity contribution is 0.392. The normalized spacial score (nSPS) is 15.4. The first-order chi connectivity index (χ1) is 6.50. The Kier molecular flexibility index (Phi) is 3.80. The molecule has 14 heavy (non-hydrogen) atoms. The average molecular weight is 219 g/mol. The number of alkyl halides is 1. The Labute approximate surface area is 85.1 Å². The minimum absolute atomic E-state index is 0.0735. The maximum Gasteiger partial charge on any atom is 0.138 e. The fourth-order valence-corrected chi connectivity index (χ4v) is 2.55. The molecule has 0 aliphatic carbocycles. The van der Waals surface area contributed by atoms with Gasteiger partial charge in [-0.2, -0.15) is 0 Å². The van der Waals surface area contributed by atoms with Gasteiger partial charge in [-0.3, -0.25) is 4.21 Å². The molecule has 0 saturated heterocycles. The van der Waals surface area contributed by atoms with Crippen LogP contribution in [0.3, 0.4) is 0 Å². The molecule has 0 aromatic carbocycles. The molecule has 0 aliphatic heterocycles. The molecule has 0 aliphatic rings. The summed E-state index contributed by atoms with van der Waals surface area (Å²) in [6.45, 7) is 4.97. The van der Waals surface area contributed by atoms with Gasteiger partial charge in [0.05, 0.1) is 17.2 Å². The lowest BCUT2D eigenvalue weighted by Crippen LogP contribution is -2.10. The van der Waals surface area contributed by atoms with Crippen LogP contribution < -0.4 is 0 Å². The highest BCUT2D eigenvalue weighted by atomic mass is 32.2. The van der Waals surface area contributed by atoms with Gasteiger partial charge in [0.15, 0.2) is 0 Å². The van der Waals surface area contributed by atoms with Crippen LogP contribution in [0.1, 0.15) is 23.9 Å².